The Morgan fingerprint density at radius 1 is 1.33 bits per heavy atom. The van der Waals surface area contributed by atoms with Crippen LogP contribution in [0, 0.1) is 6.92 Å². The van der Waals surface area contributed by atoms with E-state index in [4.69, 9.17) is 0 Å². The highest BCUT2D eigenvalue weighted by molar-refractivity contribution is 7.14. The van der Waals surface area contributed by atoms with Gasteiger partial charge in [0.1, 0.15) is 15.8 Å². The van der Waals surface area contributed by atoms with Gasteiger partial charge < -0.3 is 10.4 Å². The summed E-state index contributed by atoms with van der Waals surface area (Å²) in [4.78, 5) is 0. The maximum absolute atomic E-state index is 9.69. The molecule has 2 rings (SSSR count). The lowest BCUT2D eigenvalue weighted by Gasteiger charge is -2.03. The van der Waals surface area contributed by atoms with Gasteiger partial charge in [-0.15, -0.1) is 10.2 Å². The summed E-state index contributed by atoms with van der Waals surface area (Å²) in [5, 5.41) is 23.1. The number of phenols is 1. The normalized spacial score (nSPS) is 11.1. The number of nitrogens with zero attached hydrogens (tertiary/aromatic N) is 2. The van der Waals surface area contributed by atoms with Gasteiger partial charge in [-0.3, -0.25) is 0 Å². The first-order chi connectivity index (χ1) is 8.56. The molecular weight excluding hydrogens is 246 g/mol. The minimum atomic E-state index is 0.296. The number of hydrogen-bond donors (Lipinski definition) is 2. The van der Waals surface area contributed by atoms with Crippen LogP contribution in [0.4, 0.5) is 0 Å². The van der Waals surface area contributed by atoms with Gasteiger partial charge in [-0.1, -0.05) is 37.3 Å². The Kier molecular flexibility index (Phi) is 3.93. The van der Waals surface area contributed by atoms with E-state index in [9.17, 15) is 5.11 Å². The third-order valence-electron chi connectivity index (χ3n) is 2.58. The molecule has 0 aliphatic heterocycles. The molecule has 0 unspecified atom stereocenters. The Morgan fingerprint density at radius 3 is 2.78 bits per heavy atom. The van der Waals surface area contributed by atoms with Crippen LogP contribution in [0.1, 0.15) is 24.4 Å². The molecule has 0 aliphatic carbocycles. The minimum absolute atomic E-state index is 0.296. The van der Waals surface area contributed by atoms with Gasteiger partial charge in [-0.05, 0) is 18.6 Å². The van der Waals surface area contributed by atoms with Crippen molar-refractivity contribution in [3.63, 3.8) is 0 Å². The van der Waals surface area contributed by atoms with Gasteiger partial charge in [0.2, 0.25) is 0 Å². The molecule has 0 amide bonds. The summed E-state index contributed by atoms with van der Waals surface area (Å²) < 4.78 is 0. The van der Waals surface area contributed by atoms with Crippen LogP contribution >= 0.6 is 11.3 Å². The lowest BCUT2D eigenvalue weighted by molar-refractivity contribution is 0.471. The van der Waals surface area contributed by atoms with E-state index in [2.05, 4.69) is 29.4 Å². The molecule has 0 radical (unpaired) electrons. The van der Waals surface area contributed by atoms with Gasteiger partial charge >= 0.3 is 0 Å². The Balaban J connectivity index is 2.16. The highest BCUT2D eigenvalue weighted by Gasteiger charge is 2.08. The van der Waals surface area contributed by atoms with Crippen molar-refractivity contribution in [3.05, 3.63) is 28.8 Å². The third-order valence-corrected chi connectivity index (χ3v) is 3.56. The summed E-state index contributed by atoms with van der Waals surface area (Å²) >= 11 is 1.55. The first kappa shape index (κ1) is 13.0. The molecule has 5 heteroatoms. The van der Waals surface area contributed by atoms with E-state index < -0.39 is 0 Å². The highest BCUT2D eigenvalue weighted by Crippen LogP contribution is 2.28. The highest BCUT2D eigenvalue weighted by atomic mass is 32.1. The minimum Gasteiger partial charge on any atom is -0.508 e. The van der Waals surface area contributed by atoms with Crippen molar-refractivity contribution in [2.45, 2.75) is 33.4 Å². The largest absolute Gasteiger partial charge is 0.508 e. The molecular formula is C13H17N3OS. The van der Waals surface area contributed by atoms with Gasteiger partial charge in [0, 0.05) is 18.2 Å². The molecule has 0 spiro atoms. The second kappa shape index (κ2) is 5.46. The number of rotatable bonds is 4. The van der Waals surface area contributed by atoms with Gasteiger partial charge in [0.15, 0.2) is 0 Å². The van der Waals surface area contributed by atoms with Gasteiger partial charge in [0.05, 0.1) is 0 Å². The molecule has 1 heterocycles. The average molecular weight is 263 g/mol. The fourth-order valence-electron chi connectivity index (χ4n) is 1.48. The number of aromatic hydroxyl groups is 1. The van der Waals surface area contributed by atoms with Crippen LogP contribution in [0.5, 0.6) is 5.75 Å². The van der Waals surface area contributed by atoms with E-state index >= 15 is 0 Å². The van der Waals surface area contributed by atoms with E-state index in [0.29, 0.717) is 11.8 Å². The van der Waals surface area contributed by atoms with Crippen molar-refractivity contribution < 1.29 is 5.11 Å². The maximum Gasteiger partial charge on any atom is 0.147 e. The van der Waals surface area contributed by atoms with Crippen LogP contribution < -0.4 is 5.32 Å². The second-order valence-electron chi connectivity index (χ2n) is 4.54. The molecule has 4 nitrogen and oxygen atoms in total. The van der Waals surface area contributed by atoms with Gasteiger partial charge in [0.25, 0.3) is 0 Å². The van der Waals surface area contributed by atoms with Crippen LogP contribution in [-0.2, 0) is 6.54 Å². The number of hydrogen-bond acceptors (Lipinski definition) is 5. The molecule has 0 bridgehead atoms. The molecule has 0 saturated heterocycles. The number of nitrogens with one attached hydrogen (secondary N) is 1. The van der Waals surface area contributed by atoms with E-state index in [1.54, 1.807) is 17.4 Å². The fourth-order valence-corrected chi connectivity index (χ4v) is 2.26. The van der Waals surface area contributed by atoms with Crippen LogP contribution in [-0.4, -0.2) is 21.3 Å². The first-order valence-corrected chi connectivity index (χ1v) is 6.73. The molecule has 96 valence electrons. The predicted molar refractivity (Wildman–Crippen MR) is 73.7 cm³/mol. The van der Waals surface area contributed by atoms with Gasteiger partial charge in [-0.2, -0.15) is 0 Å². The number of aryl methyl sites for hydroxylation is 1. The fraction of sp³-hybridized carbons (Fsp3) is 0.385. The van der Waals surface area contributed by atoms with E-state index in [-0.39, 0.29) is 0 Å². The monoisotopic (exact) mass is 263 g/mol. The number of phenolic OH excluding ortho intramolecular Hbond substituents is 1. The molecule has 0 saturated carbocycles. The number of benzene rings is 1. The topological polar surface area (TPSA) is 58.0 Å². The first-order valence-electron chi connectivity index (χ1n) is 5.92. The third kappa shape index (κ3) is 3.05. The summed E-state index contributed by atoms with van der Waals surface area (Å²) in [6.45, 7) is 6.80. The Labute approximate surface area is 111 Å². The quantitative estimate of drug-likeness (QED) is 0.890. The van der Waals surface area contributed by atoms with E-state index in [1.807, 2.05) is 19.1 Å². The van der Waals surface area contributed by atoms with Crippen molar-refractivity contribution in [1.29, 1.82) is 0 Å². The van der Waals surface area contributed by atoms with E-state index in [0.717, 1.165) is 27.7 Å². The summed E-state index contributed by atoms with van der Waals surface area (Å²) in [5.41, 5.74) is 1.77. The summed E-state index contributed by atoms with van der Waals surface area (Å²) in [7, 11) is 0. The summed E-state index contributed by atoms with van der Waals surface area (Å²) in [6.07, 6.45) is 0. The molecule has 0 atom stereocenters. The molecule has 0 aliphatic rings. The zero-order valence-electron chi connectivity index (χ0n) is 10.8. The lowest BCUT2D eigenvalue weighted by Crippen LogP contribution is -2.21. The Morgan fingerprint density at radius 2 is 2.11 bits per heavy atom. The Bertz CT molecular complexity index is 537. The molecule has 18 heavy (non-hydrogen) atoms. The molecule has 2 N–H and O–H groups in total. The average Bonchev–Trinajstić information content (AvgIpc) is 2.79. The predicted octanol–water partition coefficient (Wildman–Crippen LogP) is 2.72. The lowest BCUT2D eigenvalue weighted by atomic mass is 10.1. The van der Waals surface area contributed by atoms with Crippen LogP contribution in [0.25, 0.3) is 10.6 Å². The van der Waals surface area contributed by atoms with Crippen LogP contribution in [0.2, 0.25) is 0 Å². The zero-order valence-corrected chi connectivity index (χ0v) is 11.6. The summed E-state index contributed by atoms with van der Waals surface area (Å²) in [5.74, 6) is 0.296. The van der Waals surface area contributed by atoms with Crippen molar-refractivity contribution in [2.24, 2.45) is 0 Å². The number of aromatic nitrogens is 2. The van der Waals surface area contributed by atoms with Crippen molar-refractivity contribution in [1.82, 2.24) is 15.5 Å². The molecule has 2 aromatic rings. The van der Waals surface area contributed by atoms with Crippen molar-refractivity contribution in [2.75, 3.05) is 0 Å². The molecule has 1 aromatic carbocycles. The van der Waals surface area contributed by atoms with Gasteiger partial charge in [-0.25, -0.2) is 0 Å². The maximum atomic E-state index is 9.69. The molecule has 1 aromatic heterocycles. The van der Waals surface area contributed by atoms with Crippen molar-refractivity contribution >= 4 is 11.3 Å². The Hall–Kier alpha value is -1.46. The standard InChI is InChI=1S/C13H17N3OS/c1-8(2)14-7-12-15-16-13(18-12)10-5-4-9(3)11(17)6-10/h4-6,8,14,17H,7H2,1-3H3. The SMILES string of the molecule is Cc1ccc(-c2nnc(CNC(C)C)s2)cc1O. The second-order valence-corrected chi connectivity index (χ2v) is 5.60. The summed E-state index contributed by atoms with van der Waals surface area (Å²) in [6, 6.07) is 6.00. The van der Waals surface area contributed by atoms with Crippen molar-refractivity contribution in [3.8, 4) is 16.3 Å². The zero-order chi connectivity index (χ0) is 13.1. The van der Waals surface area contributed by atoms with Crippen LogP contribution in [0.15, 0.2) is 18.2 Å². The smallest absolute Gasteiger partial charge is 0.147 e. The van der Waals surface area contributed by atoms with E-state index in [1.165, 1.54) is 0 Å². The van der Waals surface area contributed by atoms with Crippen LogP contribution in [0.3, 0.4) is 0 Å². The molecule has 0 fully saturated rings.